The molecule has 1 saturated heterocycles. The first kappa shape index (κ1) is 9.62. The van der Waals surface area contributed by atoms with E-state index < -0.39 is 0 Å². The van der Waals surface area contributed by atoms with E-state index in [1.807, 2.05) is 18.5 Å². The van der Waals surface area contributed by atoms with Crippen LogP contribution in [0.4, 0.5) is 0 Å². The zero-order valence-electron chi connectivity index (χ0n) is 8.39. The summed E-state index contributed by atoms with van der Waals surface area (Å²) in [6.07, 6.45) is 6.14. The van der Waals surface area contributed by atoms with Gasteiger partial charge in [0.1, 0.15) is 0 Å². The molecule has 76 valence electrons. The van der Waals surface area contributed by atoms with Crippen molar-refractivity contribution < 1.29 is 0 Å². The fraction of sp³-hybridized carbons (Fsp3) is 0.545. The summed E-state index contributed by atoms with van der Waals surface area (Å²) in [6.45, 7) is 3.18. The third kappa shape index (κ3) is 2.53. The lowest BCUT2D eigenvalue weighted by Crippen LogP contribution is -2.42. The SMILES string of the molecule is N[C@H]1CCCN(Cc2cccnc2)C1. The Hall–Kier alpha value is -0.930. The van der Waals surface area contributed by atoms with Gasteiger partial charge in [0.25, 0.3) is 0 Å². The van der Waals surface area contributed by atoms with E-state index in [0.717, 1.165) is 13.1 Å². The largest absolute Gasteiger partial charge is 0.327 e. The maximum atomic E-state index is 5.92. The Morgan fingerprint density at radius 2 is 2.50 bits per heavy atom. The number of nitrogens with zero attached hydrogens (tertiary/aromatic N) is 2. The Morgan fingerprint density at radius 1 is 1.57 bits per heavy atom. The van der Waals surface area contributed by atoms with Gasteiger partial charge in [-0.15, -0.1) is 0 Å². The van der Waals surface area contributed by atoms with Gasteiger partial charge < -0.3 is 5.73 Å². The van der Waals surface area contributed by atoms with Gasteiger partial charge in [-0.3, -0.25) is 9.88 Å². The number of pyridine rings is 1. The fourth-order valence-electron chi connectivity index (χ4n) is 1.98. The minimum atomic E-state index is 0.362. The van der Waals surface area contributed by atoms with Crippen molar-refractivity contribution in [1.82, 2.24) is 9.88 Å². The molecule has 3 nitrogen and oxygen atoms in total. The molecule has 14 heavy (non-hydrogen) atoms. The van der Waals surface area contributed by atoms with Gasteiger partial charge in [-0.05, 0) is 31.0 Å². The second kappa shape index (κ2) is 4.53. The molecule has 0 unspecified atom stereocenters. The van der Waals surface area contributed by atoms with Gasteiger partial charge in [0.2, 0.25) is 0 Å². The number of likely N-dealkylation sites (tertiary alicyclic amines) is 1. The molecule has 0 aliphatic carbocycles. The molecule has 1 aliphatic heterocycles. The number of aromatic nitrogens is 1. The summed E-state index contributed by atoms with van der Waals surface area (Å²) in [5.41, 5.74) is 7.20. The summed E-state index contributed by atoms with van der Waals surface area (Å²) in [5.74, 6) is 0. The van der Waals surface area contributed by atoms with Gasteiger partial charge in [-0.25, -0.2) is 0 Å². The first-order valence-corrected chi connectivity index (χ1v) is 5.21. The number of hydrogen-bond donors (Lipinski definition) is 1. The number of hydrogen-bond acceptors (Lipinski definition) is 3. The highest BCUT2D eigenvalue weighted by Gasteiger charge is 2.16. The van der Waals surface area contributed by atoms with E-state index in [9.17, 15) is 0 Å². The van der Waals surface area contributed by atoms with Crippen molar-refractivity contribution in [3.05, 3.63) is 30.1 Å². The maximum Gasteiger partial charge on any atom is 0.0312 e. The zero-order valence-corrected chi connectivity index (χ0v) is 8.39. The molecule has 1 aliphatic rings. The number of rotatable bonds is 2. The molecular weight excluding hydrogens is 174 g/mol. The van der Waals surface area contributed by atoms with Crippen LogP contribution >= 0.6 is 0 Å². The average molecular weight is 191 g/mol. The lowest BCUT2D eigenvalue weighted by atomic mass is 10.1. The van der Waals surface area contributed by atoms with Crippen LogP contribution in [0.25, 0.3) is 0 Å². The lowest BCUT2D eigenvalue weighted by molar-refractivity contribution is 0.201. The fourth-order valence-corrected chi connectivity index (χ4v) is 1.98. The summed E-state index contributed by atoms with van der Waals surface area (Å²) in [7, 11) is 0. The molecule has 0 saturated carbocycles. The second-order valence-electron chi connectivity index (χ2n) is 4.00. The lowest BCUT2D eigenvalue weighted by Gasteiger charge is -2.30. The quantitative estimate of drug-likeness (QED) is 0.758. The molecule has 2 heterocycles. The van der Waals surface area contributed by atoms with E-state index in [-0.39, 0.29) is 0 Å². The highest BCUT2D eigenvalue weighted by Crippen LogP contribution is 2.11. The van der Waals surface area contributed by atoms with Crippen LogP contribution in [0.5, 0.6) is 0 Å². The van der Waals surface area contributed by atoms with Crippen LogP contribution in [-0.4, -0.2) is 29.0 Å². The van der Waals surface area contributed by atoms with Crippen LogP contribution < -0.4 is 5.73 Å². The Balaban J connectivity index is 1.91. The van der Waals surface area contributed by atoms with Gasteiger partial charge in [0, 0.05) is 31.5 Å². The molecule has 0 radical (unpaired) electrons. The Bertz CT molecular complexity index is 273. The van der Waals surface area contributed by atoms with E-state index in [0.29, 0.717) is 6.04 Å². The third-order valence-electron chi connectivity index (χ3n) is 2.67. The second-order valence-corrected chi connectivity index (χ2v) is 4.00. The summed E-state index contributed by atoms with van der Waals surface area (Å²) in [6, 6.07) is 4.47. The van der Waals surface area contributed by atoms with Gasteiger partial charge in [-0.1, -0.05) is 6.07 Å². The molecule has 2 N–H and O–H groups in total. The summed E-state index contributed by atoms with van der Waals surface area (Å²) in [5, 5.41) is 0. The van der Waals surface area contributed by atoms with Crippen LogP contribution in [0.2, 0.25) is 0 Å². The summed E-state index contributed by atoms with van der Waals surface area (Å²) < 4.78 is 0. The first-order valence-electron chi connectivity index (χ1n) is 5.21. The highest BCUT2D eigenvalue weighted by atomic mass is 15.1. The van der Waals surface area contributed by atoms with Crippen LogP contribution in [0, 0.1) is 0 Å². The molecule has 0 bridgehead atoms. The third-order valence-corrected chi connectivity index (χ3v) is 2.67. The number of piperidine rings is 1. The predicted octanol–water partition coefficient (Wildman–Crippen LogP) is 1.00. The molecule has 3 heteroatoms. The van der Waals surface area contributed by atoms with E-state index >= 15 is 0 Å². The molecule has 2 rings (SSSR count). The molecule has 0 spiro atoms. The molecule has 1 aromatic heterocycles. The van der Waals surface area contributed by atoms with E-state index in [4.69, 9.17) is 5.73 Å². The van der Waals surface area contributed by atoms with Gasteiger partial charge in [-0.2, -0.15) is 0 Å². The first-order chi connectivity index (χ1) is 6.84. The molecule has 1 fully saturated rings. The summed E-state index contributed by atoms with van der Waals surface area (Å²) in [4.78, 5) is 6.52. The minimum Gasteiger partial charge on any atom is -0.327 e. The van der Waals surface area contributed by atoms with Gasteiger partial charge in [0.15, 0.2) is 0 Å². The normalized spacial score (nSPS) is 23.6. The van der Waals surface area contributed by atoms with Gasteiger partial charge in [0.05, 0.1) is 0 Å². The van der Waals surface area contributed by atoms with Gasteiger partial charge >= 0.3 is 0 Å². The van der Waals surface area contributed by atoms with Crippen LogP contribution in [-0.2, 0) is 6.54 Å². The van der Waals surface area contributed by atoms with Crippen molar-refractivity contribution >= 4 is 0 Å². The van der Waals surface area contributed by atoms with Crippen molar-refractivity contribution in [1.29, 1.82) is 0 Å². The van der Waals surface area contributed by atoms with Crippen LogP contribution in [0.15, 0.2) is 24.5 Å². The van der Waals surface area contributed by atoms with Crippen molar-refractivity contribution in [2.24, 2.45) is 5.73 Å². The van der Waals surface area contributed by atoms with Crippen molar-refractivity contribution in [2.45, 2.75) is 25.4 Å². The Morgan fingerprint density at radius 3 is 3.21 bits per heavy atom. The van der Waals surface area contributed by atoms with E-state index in [1.54, 1.807) is 0 Å². The number of nitrogens with two attached hydrogens (primary N) is 1. The van der Waals surface area contributed by atoms with Crippen LogP contribution in [0.3, 0.4) is 0 Å². The molecule has 1 atom stereocenters. The standard InChI is InChI=1S/C11H17N3/c12-11-4-2-6-14(9-11)8-10-3-1-5-13-7-10/h1,3,5,7,11H,2,4,6,8-9,12H2/t11-/m0/s1. The van der Waals surface area contributed by atoms with Crippen LogP contribution in [0.1, 0.15) is 18.4 Å². The molecule has 0 amide bonds. The average Bonchev–Trinajstić information content (AvgIpc) is 2.19. The molecule has 0 aromatic carbocycles. The smallest absolute Gasteiger partial charge is 0.0312 e. The maximum absolute atomic E-state index is 5.92. The van der Waals surface area contributed by atoms with E-state index in [1.165, 1.54) is 24.9 Å². The van der Waals surface area contributed by atoms with Crippen molar-refractivity contribution in [3.8, 4) is 0 Å². The Labute approximate surface area is 84.9 Å². The summed E-state index contributed by atoms with van der Waals surface area (Å²) >= 11 is 0. The van der Waals surface area contributed by atoms with Crippen molar-refractivity contribution in [2.75, 3.05) is 13.1 Å². The molecular formula is C11H17N3. The highest BCUT2D eigenvalue weighted by molar-refractivity contribution is 5.08. The predicted molar refractivity (Wildman–Crippen MR) is 56.7 cm³/mol. The Kier molecular flexibility index (Phi) is 3.11. The zero-order chi connectivity index (χ0) is 9.80. The van der Waals surface area contributed by atoms with Crippen molar-refractivity contribution in [3.63, 3.8) is 0 Å². The topological polar surface area (TPSA) is 42.1 Å². The molecule has 1 aromatic rings. The monoisotopic (exact) mass is 191 g/mol. The minimum absolute atomic E-state index is 0.362. The van der Waals surface area contributed by atoms with E-state index in [2.05, 4.69) is 16.0 Å².